The van der Waals surface area contributed by atoms with Gasteiger partial charge in [-0.05, 0) is 86.6 Å². The predicted octanol–water partition coefficient (Wildman–Crippen LogP) is 16.1. The highest BCUT2D eigenvalue weighted by Crippen LogP contribution is 2.48. The summed E-state index contributed by atoms with van der Waals surface area (Å²) in [5, 5.41) is 4.90. The molecule has 2 nitrogen and oxygen atoms in total. The first-order chi connectivity index (χ1) is 29.8. The Labute approximate surface area is 350 Å². The van der Waals surface area contributed by atoms with Gasteiger partial charge in [0, 0.05) is 33.3 Å². The second kappa shape index (κ2) is 15.1. The summed E-state index contributed by atoms with van der Waals surface area (Å²) in [5.74, 6) is 0. The van der Waals surface area contributed by atoms with Crippen LogP contribution >= 0.6 is 0 Å². The highest BCUT2D eigenvalue weighted by atomic mass is 15.1. The number of aromatic nitrogens is 1. The van der Waals surface area contributed by atoms with E-state index in [1.807, 2.05) is 0 Å². The number of anilines is 3. The molecule has 0 amide bonds. The van der Waals surface area contributed by atoms with Crippen LogP contribution in [-0.2, 0) is 0 Å². The third kappa shape index (κ3) is 6.14. The van der Waals surface area contributed by atoms with Crippen molar-refractivity contribution >= 4 is 49.6 Å². The molecule has 282 valence electrons. The molecule has 0 aliphatic rings. The van der Waals surface area contributed by atoms with Crippen molar-refractivity contribution in [1.29, 1.82) is 0 Å². The van der Waals surface area contributed by atoms with E-state index in [1.54, 1.807) is 0 Å². The summed E-state index contributed by atoms with van der Waals surface area (Å²) in [5.41, 5.74) is 16.2. The lowest BCUT2D eigenvalue weighted by atomic mass is 9.90. The first-order valence-electron chi connectivity index (χ1n) is 20.6. The van der Waals surface area contributed by atoms with E-state index in [9.17, 15) is 0 Å². The summed E-state index contributed by atoms with van der Waals surface area (Å²) in [6, 6.07) is 88.0. The molecule has 60 heavy (non-hydrogen) atoms. The molecule has 0 saturated carbocycles. The molecule has 0 spiro atoms. The number of hydrogen-bond acceptors (Lipinski definition) is 1. The molecule has 0 atom stereocenters. The third-order valence-electron chi connectivity index (χ3n) is 11.8. The Morgan fingerprint density at radius 3 is 1.53 bits per heavy atom. The zero-order chi connectivity index (χ0) is 39.8. The van der Waals surface area contributed by atoms with Crippen LogP contribution < -0.4 is 4.90 Å². The van der Waals surface area contributed by atoms with Crippen LogP contribution in [0.15, 0.2) is 243 Å². The van der Waals surface area contributed by atoms with Gasteiger partial charge in [-0.15, -0.1) is 0 Å². The summed E-state index contributed by atoms with van der Waals surface area (Å²) in [6.07, 6.45) is 0. The standard InChI is InChI=1S/C58H40N2/c1-4-18-41(19-5-1)42-34-36-44(37-35-42)48-26-10-13-31-54(48)60(47-38-39-52-50-27-11-14-32-55(50)59(57(52)40-47)46-24-8-3-9-25-46)56-33-15-12-28-51(56)53-30-17-23-45-22-16-29-49(58(45)53)43-20-6-2-7-21-43/h1-40H. The van der Waals surface area contributed by atoms with Gasteiger partial charge in [0.05, 0.1) is 22.4 Å². The molecular formula is C58H40N2. The predicted molar refractivity (Wildman–Crippen MR) is 255 cm³/mol. The first kappa shape index (κ1) is 35.2. The second-order valence-corrected chi connectivity index (χ2v) is 15.3. The number of fused-ring (bicyclic) bond motifs is 4. The fraction of sp³-hybridized carbons (Fsp3) is 0. The Balaban J connectivity index is 1.18. The van der Waals surface area contributed by atoms with Gasteiger partial charge in [0.25, 0.3) is 0 Å². The van der Waals surface area contributed by atoms with Gasteiger partial charge >= 0.3 is 0 Å². The molecule has 1 aromatic heterocycles. The van der Waals surface area contributed by atoms with Crippen LogP contribution in [0.3, 0.4) is 0 Å². The maximum Gasteiger partial charge on any atom is 0.0561 e. The SMILES string of the molecule is c1ccc(-c2ccc(-c3ccccc3N(c3ccc4c5ccccc5n(-c5ccccc5)c4c3)c3ccccc3-c3cccc4cccc(-c5ccccc5)c34)cc2)cc1. The zero-order valence-electron chi connectivity index (χ0n) is 33.0. The van der Waals surface area contributed by atoms with Crippen molar-refractivity contribution in [3.8, 4) is 50.2 Å². The second-order valence-electron chi connectivity index (χ2n) is 15.3. The van der Waals surface area contributed by atoms with Crippen LogP contribution in [0.5, 0.6) is 0 Å². The van der Waals surface area contributed by atoms with Crippen molar-refractivity contribution < 1.29 is 0 Å². The minimum Gasteiger partial charge on any atom is -0.309 e. The lowest BCUT2D eigenvalue weighted by Crippen LogP contribution is -2.12. The van der Waals surface area contributed by atoms with Crippen LogP contribution in [0.1, 0.15) is 0 Å². The number of hydrogen-bond donors (Lipinski definition) is 0. The Hall–Kier alpha value is -7.94. The average Bonchev–Trinajstić information content (AvgIpc) is 3.66. The lowest BCUT2D eigenvalue weighted by molar-refractivity contribution is 1.18. The summed E-state index contributed by atoms with van der Waals surface area (Å²) >= 11 is 0. The molecular weight excluding hydrogens is 725 g/mol. The average molecular weight is 765 g/mol. The van der Waals surface area contributed by atoms with Crippen molar-refractivity contribution in [2.24, 2.45) is 0 Å². The normalized spacial score (nSPS) is 11.3. The number of nitrogens with zero attached hydrogens (tertiary/aromatic N) is 2. The molecule has 0 saturated heterocycles. The number of rotatable bonds is 8. The van der Waals surface area contributed by atoms with Crippen molar-refractivity contribution in [2.75, 3.05) is 4.90 Å². The number of para-hydroxylation sites is 4. The fourth-order valence-corrected chi connectivity index (χ4v) is 9.07. The molecule has 11 aromatic rings. The Bertz CT molecular complexity index is 3290. The van der Waals surface area contributed by atoms with Crippen LogP contribution in [0.2, 0.25) is 0 Å². The van der Waals surface area contributed by atoms with Gasteiger partial charge in [0.1, 0.15) is 0 Å². The molecule has 0 fully saturated rings. The van der Waals surface area contributed by atoms with Crippen molar-refractivity contribution in [3.63, 3.8) is 0 Å². The monoisotopic (exact) mass is 764 g/mol. The molecule has 0 bridgehead atoms. The van der Waals surface area contributed by atoms with Crippen LogP contribution in [0.25, 0.3) is 82.8 Å². The van der Waals surface area contributed by atoms with E-state index >= 15 is 0 Å². The summed E-state index contributed by atoms with van der Waals surface area (Å²) in [7, 11) is 0. The van der Waals surface area contributed by atoms with Crippen molar-refractivity contribution in [3.05, 3.63) is 243 Å². The molecule has 0 unspecified atom stereocenters. The maximum atomic E-state index is 2.48. The zero-order valence-corrected chi connectivity index (χ0v) is 33.0. The minimum atomic E-state index is 1.08. The smallest absolute Gasteiger partial charge is 0.0561 e. The van der Waals surface area contributed by atoms with Gasteiger partial charge in [0.15, 0.2) is 0 Å². The van der Waals surface area contributed by atoms with E-state index in [-0.39, 0.29) is 0 Å². The first-order valence-corrected chi connectivity index (χ1v) is 20.6. The van der Waals surface area contributed by atoms with Crippen LogP contribution in [0.4, 0.5) is 17.1 Å². The Morgan fingerprint density at radius 2 is 0.800 bits per heavy atom. The molecule has 0 N–H and O–H groups in total. The summed E-state index contributed by atoms with van der Waals surface area (Å²) < 4.78 is 2.41. The summed E-state index contributed by atoms with van der Waals surface area (Å²) in [4.78, 5) is 2.48. The van der Waals surface area contributed by atoms with Gasteiger partial charge in [-0.2, -0.15) is 0 Å². The topological polar surface area (TPSA) is 8.17 Å². The van der Waals surface area contributed by atoms with Gasteiger partial charge in [-0.25, -0.2) is 0 Å². The molecule has 1 heterocycles. The van der Waals surface area contributed by atoms with E-state index < -0.39 is 0 Å². The number of benzene rings is 10. The highest BCUT2D eigenvalue weighted by molar-refractivity contribution is 6.12. The Morgan fingerprint density at radius 1 is 0.300 bits per heavy atom. The van der Waals surface area contributed by atoms with Crippen molar-refractivity contribution in [1.82, 2.24) is 4.57 Å². The Kier molecular flexibility index (Phi) is 8.87. The molecule has 11 rings (SSSR count). The van der Waals surface area contributed by atoms with Gasteiger partial charge in [-0.1, -0.05) is 200 Å². The van der Waals surface area contributed by atoms with Crippen LogP contribution in [-0.4, -0.2) is 4.57 Å². The molecule has 0 radical (unpaired) electrons. The van der Waals surface area contributed by atoms with E-state index in [1.165, 1.54) is 54.9 Å². The summed E-state index contributed by atoms with van der Waals surface area (Å²) in [6.45, 7) is 0. The maximum absolute atomic E-state index is 2.48. The van der Waals surface area contributed by atoms with Gasteiger partial charge in [0.2, 0.25) is 0 Å². The largest absolute Gasteiger partial charge is 0.309 e. The van der Waals surface area contributed by atoms with E-state index in [0.717, 1.165) is 45.0 Å². The fourth-order valence-electron chi connectivity index (χ4n) is 9.07. The molecule has 0 aliphatic heterocycles. The van der Waals surface area contributed by atoms with Crippen molar-refractivity contribution in [2.45, 2.75) is 0 Å². The van der Waals surface area contributed by atoms with Gasteiger partial charge < -0.3 is 9.47 Å². The lowest BCUT2D eigenvalue weighted by Gasteiger charge is -2.30. The van der Waals surface area contributed by atoms with Crippen LogP contribution in [0, 0.1) is 0 Å². The van der Waals surface area contributed by atoms with Gasteiger partial charge in [-0.3, -0.25) is 0 Å². The van der Waals surface area contributed by atoms with E-state index in [4.69, 9.17) is 0 Å². The third-order valence-corrected chi connectivity index (χ3v) is 11.8. The van der Waals surface area contributed by atoms with E-state index in [0.29, 0.717) is 0 Å². The van der Waals surface area contributed by atoms with E-state index in [2.05, 4.69) is 252 Å². The quantitative estimate of drug-likeness (QED) is 0.150. The molecule has 10 aromatic carbocycles. The highest BCUT2D eigenvalue weighted by Gasteiger charge is 2.23. The molecule has 2 heteroatoms. The minimum absolute atomic E-state index is 1.08. The molecule has 0 aliphatic carbocycles.